The fourth-order valence-corrected chi connectivity index (χ4v) is 2.41. The number of anilines is 1. The van der Waals surface area contributed by atoms with E-state index in [0.29, 0.717) is 43.3 Å². The van der Waals surface area contributed by atoms with Crippen LogP contribution in [0.25, 0.3) is 0 Å². The van der Waals surface area contributed by atoms with E-state index >= 15 is 0 Å². The van der Waals surface area contributed by atoms with Crippen molar-refractivity contribution >= 4 is 11.6 Å². The van der Waals surface area contributed by atoms with Crippen LogP contribution in [0.2, 0.25) is 0 Å². The summed E-state index contributed by atoms with van der Waals surface area (Å²) in [5.74, 6) is -0.0438. The highest BCUT2D eigenvalue weighted by atomic mass is 16.5. The standard InChI is InChI=1S/C14H22N4O2/c1-4-18-13(12(15)10(2)16-18)14(19)17-7-5-11(6-8-17)9-20-3/h5H,4,6-9,15H2,1-3H3. The number of rotatable bonds is 4. The maximum absolute atomic E-state index is 12.6. The molecule has 0 aliphatic carbocycles. The molecule has 6 nitrogen and oxygen atoms in total. The zero-order valence-electron chi connectivity index (χ0n) is 12.3. The Morgan fingerprint density at radius 3 is 2.85 bits per heavy atom. The molecule has 0 saturated heterocycles. The molecule has 2 rings (SSSR count). The third-order valence-electron chi connectivity index (χ3n) is 3.60. The van der Waals surface area contributed by atoms with Gasteiger partial charge in [-0.15, -0.1) is 0 Å². The summed E-state index contributed by atoms with van der Waals surface area (Å²) in [6.45, 7) is 6.35. The summed E-state index contributed by atoms with van der Waals surface area (Å²) in [4.78, 5) is 14.4. The molecule has 0 radical (unpaired) electrons. The van der Waals surface area contributed by atoms with Crippen LogP contribution in [0.5, 0.6) is 0 Å². The lowest BCUT2D eigenvalue weighted by Crippen LogP contribution is -2.37. The van der Waals surface area contributed by atoms with Gasteiger partial charge in [0.25, 0.3) is 5.91 Å². The monoisotopic (exact) mass is 278 g/mol. The molecule has 0 atom stereocenters. The molecular formula is C14H22N4O2. The van der Waals surface area contributed by atoms with Crippen LogP contribution in [0.15, 0.2) is 11.6 Å². The molecule has 20 heavy (non-hydrogen) atoms. The van der Waals surface area contributed by atoms with Gasteiger partial charge in [-0.05, 0) is 25.8 Å². The zero-order chi connectivity index (χ0) is 14.7. The average Bonchev–Trinajstić information content (AvgIpc) is 2.75. The van der Waals surface area contributed by atoms with Gasteiger partial charge in [-0.1, -0.05) is 6.08 Å². The van der Waals surface area contributed by atoms with Crippen LogP contribution in [0.4, 0.5) is 5.69 Å². The Morgan fingerprint density at radius 2 is 2.30 bits per heavy atom. The van der Waals surface area contributed by atoms with Crippen LogP contribution >= 0.6 is 0 Å². The van der Waals surface area contributed by atoms with Gasteiger partial charge in [0.2, 0.25) is 0 Å². The lowest BCUT2D eigenvalue weighted by Gasteiger charge is -2.26. The number of ether oxygens (including phenoxy) is 1. The fraction of sp³-hybridized carbons (Fsp3) is 0.571. The largest absolute Gasteiger partial charge is 0.395 e. The van der Waals surface area contributed by atoms with Crippen molar-refractivity contribution in [2.24, 2.45) is 0 Å². The van der Waals surface area contributed by atoms with E-state index in [9.17, 15) is 4.79 Å². The molecule has 0 saturated carbocycles. The minimum absolute atomic E-state index is 0.0438. The maximum Gasteiger partial charge on any atom is 0.274 e. The molecule has 2 N–H and O–H groups in total. The predicted octanol–water partition coefficient (Wildman–Crippen LogP) is 1.21. The topological polar surface area (TPSA) is 73.4 Å². The van der Waals surface area contributed by atoms with E-state index < -0.39 is 0 Å². The second-order valence-corrected chi connectivity index (χ2v) is 4.96. The second kappa shape index (κ2) is 6.09. The Balaban J connectivity index is 2.17. The first-order chi connectivity index (χ1) is 9.58. The third kappa shape index (κ3) is 2.70. The zero-order valence-corrected chi connectivity index (χ0v) is 12.3. The highest BCUT2D eigenvalue weighted by Crippen LogP contribution is 2.20. The van der Waals surface area contributed by atoms with E-state index in [1.54, 1.807) is 16.7 Å². The minimum Gasteiger partial charge on any atom is -0.395 e. The van der Waals surface area contributed by atoms with E-state index in [1.165, 1.54) is 5.57 Å². The summed E-state index contributed by atoms with van der Waals surface area (Å²) >= 11 is 0. The number of methoxy groups -OCH3 is 1. The molecule has 2 heterocycles. The SMILES string of the molecule is CCn1nc(C)c(N)c1C(=O)N1CC=C(COC)CC1. The summed E-state index contributed by atoms with van der Waals surface area (Å²) in [5.41, 5.74) is 8.94. The van der Waals surface area contributed by atoms with E-state index in [-0.39, 0.29) is 5.91 Å². The molecule has 1 aromatic heterocycles. The molecule has 0 aromatic carbocycles. The van der Waals surface area contributed by atoms with Gasteiger partial charge >= 0.3 is 0 Å². The van der Waals surface area contributed by atoms with Gasteiger partial charge in [0.1, 0.15) is 5.69 Å². The molecule has 1 amide bonds. The molecule has 1 aliphatic heterocycles. The summed E-state index contributed by atoms with van der Waals surface area (Å²) in [7, 11) is 1.68. The van der Waals surface area contributed by atoms with E-state index in [0.717, 1.165) is 6.42 Å². The first-order valence-corrected chi connectivity index (χ1v) is 6.87. The Bertz CT molecular complexity index is 534. The number of carbonyl (C=O) groups excluding carboxylic acids is 1. The molecule has 1 aliphatic rings. The first-order valence-electron chi connectivity index (χ1n) is 6.87. The quantitative estimate of drug-likeness (QED) is 0.840. The molecule has 0 unspecified atom stereocenters. The number of amides is 1. The smallest absolute Gasteiger partial charge is 0.274 e. The summed E-state index contributed by atoms with van der Waals surface area (Å²) < 4.78 is 6.80. The minimum atomic E-state index is -0.0438. The lowest BCUT2D eigenvalue weighted by atomic mass is 10.1. The average molecular weight is 278 g/mol. The van der Waals surface area contributed by atoms with Crippen LogP contribution in [-0.2, 0) is 11.3 Å². The van der Waals surface area contributed by atoms with Crippen molar-refractivity contribution in [2.45, 2.75) is 26.8 Å². The van der Waals surface area contributed by atoms with Gasteiger partial charge in [0.15, 0.2) is 0 Å². The summed E-state index contributed by atoms with van der Waals surface area (Å²) in [5, 5.41) is 4.30. The van der Waals surface area contributed by atoms with E-state index in [4.69, 9.17) is 10.5 Å². The lowest BCUT2D eigenvalue weighted by molar-refractivity contribution is 0.0753. The predicted molar refractivity (Wildman–Crippen MR) is 77.5 cm³/mol. The third-order valence-corrected chi connectivity index (χ3v) is 3.60. The van der Waals surface area contributed by atoms with Crippen molar-refractivity contribution < 1.29 is 9.53 Å². The van der Waals surface area contributed by atoms with Crippen LogP contribution in [-0.4, -0.2) is 47.4 Å². The van der Waals surface area contributed by atoms with Gasteiger partial charge in [0.05, 0.1) is 18.0 Å². The number of nitrogen functional groups attached to an aromatic ring is 1. The molecule has 110 valence electrons. The molecule has 0 spiro atoms. The Morgan fingerprint density at radius 1 is 1.55 bits per heavy atom. The number of hydrogen-bond donors (Lipinski definition) is 1. The van der Waals surface area contributed by atoms with Crippen LogP contribution in [0, 0.1) is 6.92 Å². The second-order valence-electron chi connectivity index (χ2n) is 4.96. The normalized spacial score (nSPS) is 15.3. The molecule has 0 bridgehead atoms. The summed E-state index contributed by atoms with van der Waals surface area (Å²) in [6, 6.07) is 0. The van der Waals surface area contributed by atoms with Crippen molar-refractivity contribution in [3.8, 4) is 0 Å². The first kappa shape index (κ1) is 14.6. The maximum atomic E-state index is 12.6. The Hall–Kier alpha value is -1.82. The summed E-state index contributed by atoms with van der Waals surface area (Å²) in [6.07, 6.45) is 2.90. The van der Waals surface area contributed by atoms with Gasteiger partial charge in [0, 0.05) is 26.7 Å². The van der Waals surface area contributed by atoms with Crippen LogP contribution < -0.4 is 5.73 Å². The van der Waals surface area contributed by atoms with Crippen molar-refractivity contribution in [3.05, 3.63) is 23.0 Å². The number of carbonyl (C=O) groups is 1. The van der Waals surface area contributed by atoms with Crippen molar-refractivity contribution in [1.82, 2.24) is 14.7 Å². The van der Waals surface area contributed by atoms with Crippen molar-refractivity contribution in [1.29, 1.82) is 0 Å². The highest BCUT2D eigenvalue weighted by Gasteiger charge is 2.25. The Labute approximate surface area is 119 Å². The number of nitrogens with two attached hydrogens (primary N) is 1. The molecular weight excluding hydrogens is 256 g/mol. The van der Waals surface area contributed by atoms with Gasteiger partial charge in [-0.25, -0.2) is 0 Å². The molecule has 0 fully saturated rings. The number of aromatic nitrogens is 2. The van der Waals surface area contributed by atoms with Gasteiger partial charge in [-0.3, -0.25) is 9.48 Å². The Kier molecular flexibility index (Phi) is 4.44. The van der Waals surface area contributed by atoms with Crippen molar-refractivity contribution in [3.63, 3.8) is 0 Å². The fourth-order valence-electron chi connectivity index (χ4n) is 2.41. The molecule has 1 aromatic rings. The van der Waals surface area contributed by atoms with Crippen molar-refractivity contribution in [2.75, 3.05) is 32.5 Å². The van der Waals surface area contributed by atoms with Crippen LogP contribution in [0.1, 0.15) is 29.5 Å². The van der Waals surface area contributed by atoms with Crippen LogP contribution in [0.3, 0.4) is 0 Å². The number of hydrogen-bond acceptors (Lipinski definition) is 4. The highest BCUT2D eigenvalue weighted by molar-refractivity contribution is 5.98. The van der Waals surface area contributed by atoms with Gasteiger partial charge < -0.3 is 15.4 Å². The van der Waals surface area contributed by atoms with Gasteiger partial charge in [-0.2, -0.15) is 5.10 Å². The number of nitrogens with zero attached hydrogens (tertiary/aromatic N) is 3. The number of aryl methyl sites for hydroxylation is 2. The van der Waals surface area contributed by atoms with E-state index in [1.807, 2.05) is 13.8 Å². The molecule has 6 heteroatoms. The van der Waals surface area contributed by atoms with E-state index in [2.05, 4.69) is 11.2 Å².